The van der Waals surface area contributed by atoms with Crippen LogP contribution in [0.4, 0.5) is 0 Å². The second-order valence-electron chi connectivity index (χ2n) is 4.00. The Morgan fingerprint density at radius 2 is 1.88 bits per heavy atom. The number of benzene rings is 1. The standard InChI is InChI=1S/C13H17NO3/c1-3-9(2)12(15)14-11(13(16)17)10-7-5-4-6-8-10/h4-9,11H,3H2,1-2H3,(H,14,15)(H,16,17)/t9?,11-/m1/s1. The maximum absolute atomic E-state index is 11.7. The van der Waals surface area contributed by atoms with Gasteiger partial charge in [-0.05, 0) is 12.0 Å². The van der Waals surface area contributed by atoms with Crippen LogP contribution in [0.15, 0.2) is 30.3 Å². The third-order valence-corrected chi connectivity index (χ3v) is 2.73. The molecule has 0 saturated carbocycles. The molecule has 0 aliphatic carbocycles. The highest BCUT2D eigenvalue weighted by molar-refractivity contribution is 5.85. The number of carboxylic acids is 1. The predicted molar refractivity (Wildman–Crippen MR) is 64.4 cm³/mol. The maximum atomic E-state index is 11.7. The molecule has 1 unspecified atom stereocenters. The van der Waals surface area contributed by atoms with Gasteiger partial charge in [-0.1, -0.05) is 44.2 Å². The molecule has 92 valence electrons. The summed E-state index contributed by atoms with van der Waals surface area (Å²) in [5, 5.41) is 11.7. The largest absolute Gasteiger partial charge is 0.479 e. The summed E-state index contributed by atoms with van der Waals surface area (Å²) < 4.78 is 0. The molecule has 2 atom stereocenters. The van der Waals surface area contributed by atoms with Crippen LogP contribution < -0.4 is 5.32 Å². The highest BCUT2D eigenvalue weighted by Gasteiger charge is 2.23. The first-order valence-electron chi connectivity index (χ1n) is 5.64. The number of nitrogens with one attached hydrogen (secondary N) is 1. The molecule has 17 heavy (non-hydrogen) atoms. The van der Waals surface area contributed by atoms with Crippen LogP contribution in [0.25, 0.3) is 0 Å². The second kappa shape index (κ2) is 6.03. The molecular formula is C13H17NO3. The molecule has 0 spiro atoms. The molecule has 0 heterocycles. The Bertz CT molecular complexity index is 389. The van der Waals surface area contributed by atoms with Crippen molar-refractivity contribution in [1.29, 1.82) is 0 Å². The minimum absolute atomic E-state index is 0.180. The first kappa shape index (κ1) is 13.2. The summed E-state index contributed by atoms with van der Waals surface area (Å²) in [6.07, 6.45) is 0.687. The van der Waals surface area contributed by atoms with Gasteiger partial charge in [0.25, 0.3) is 0 Å². The van der Waals surface area contributed by atoms with Crippen molar-refractivity contribution in [3.8, 4) is 0 Å². The molecule has 0 aliphatic heterocycles. The zero-order valence-corrected chi connectivity index (χ0v) is 10.0. The lowest BCUT2D eigenvalue weighted by molar-refractivity contribution is -0.142. The summed E-state index contributed by atoms with van der Waals surface area (Å²) in [6.45, 7) is 3.67. The van der Waals surface area contributed by atoms with E-state index in [2.05, 4.69) is 5.32 Å². The van der Waals surface area contributed by atoms with Gasteiger partial charge >= 0.3 is 5.97 Å². The van der Waals surface area contributed by atoms with E-state index in [9.17, 15) is 9.59 Å². The van der Waals surface area contributed by atoms with Crippen LogP contribution in [0.1, 0.15) is 31.9 Å². The zero-order chi connectivity index (χ0) is 12.8. The van der Waals surface area contributed by atoms with Crippen LogP contribution in [0, 0.1) is 5.92 Å². The number of hydrogen-bond donors (Lipinski definition) is 2. The van der Waals surface area contributed by atoms with Crippen LogP contribution in [0.2, 0.25) is 0 Å². The summed E-state index contributed by atoms with van der Waals surface area (Å²) in [5.41, 5.74) is 0.580. The van der Waals surface area contributed by atoms with Crippen molar-refractivity contribution in [3.63, 3.8) is 0 Å². The highest BCUT2D eigenvalue weighted by Crippen LogP contribution is 2.14. The van der Waals surface area contributed by atoms with Gasteiger partial charge in [0.05, 0.1) is 0 Å². The first-order chi connectivity index (χ1) is 8.06. The van der Waals surface area contributed by atoms with Gasteiger partial charge in [-0.25, -0.2) is 4.79 Å². The Balaban J connectivity index is 2.82. The molecule has 0 bridgehead atoms. The van der Waals surface area contributed by atoms with Crippen molar-refractivity contribution in [3.05, 3.63) is 35.9 Å². The third-order valence-electron chi connectivity index (χ3n) is 2.73. The average molecular weight is 235 g/mol. The van der Waals surface area contributed by atoms with Crippen molar-refractivity contribution in [2.75, 3.05) is 0 Å². The van der Waals surface area contributed by atoms with E-state index < -0.39 is 12.0 Å². The van der Waals surface area contributed by atoms with E-state index in [4.69, 9.17) is 5.11 Å². The number of hydrogen-bond acceptors (Lipinski definition) is 2. The van der Waals surface area contributed by atoms with Crippen LogP contribution >= 0.6 is 0 Å². The summed E-state index contributed by atoms with van der Waals surface area (Å²) in [7, 11) is 0. The number of carboxylic acid groups (broad SMARTS) is 1. The van der Waals surface area contributed by atoms with Gasteiger partial charge in [-0.2, -0.15) is 0 Å². The number of aliphatic carboxylic acids is 1. The van der Waals surface area contributed by atoms with Crippen molar-refractivity contribution in [1.82, 2.24) is 5.32 Å². The summed E-state index contributed by atoms with van der Waals surface area (Å²) in [4.78, 5) is 22.8. The van der Waals surface area contributed by atoms with Crippen LogP contribution in [0.3, 0.4) is 0 Å². The van der Waals surface area contributed by atoms with E-state index in [1.807, 2.05) is 6.92 Å². The van der Waals surface area contributed by atoms with E-state index >= 15 is 0 Å². The van der Waals surface area contributed by atoms with E-state index in [1.165, 1.54) is 0 Å². The molecule has 1 aromatic rings. The topological polar surface area (TPSA) is 66.4 Å². The van der Waals surface area contributed by atoms with E-state index in [-0.39, 0.29) is 11.8 Å². The normalized spacial score (nSPS) is 13.8. The summed E-state index contributed by atoms with van der Waals surface area (Å²) >= 11 is 0. The Hall–Kier alpha value is -1.84. The van der Waals surface area contributed by atoms with Gasteiger partial charge < -0.3 is 10.4 Å². The molecule has 0 fully saturated rings. The van der Waals surface area contributed by atoms with E-state index in [0.29, 0.717) is 12.0 Å². The maximum Gasteiger partial charge on any atom is 0.330 e. The van der Waals surface area contributed by atoms with Gasteiger partial charge in [-0.15, -0.1) is 0 Å². The van der Waals surface area contributed by atoms with Crippen molar-refractivity contribution < 1.29 is 14.7 Å². The summed E-state index contributed by atoms with van der Waals surface area (Å²) in [6, 6.07) is 7.71. The number of carbonyl (C=O) groups excluding carboxylic acids is 1. The lowest BCUT2D eigenvalue weighted by atomic mass is 10.0. The first-order valence-corrected chi connectivity index (χ1v) is 5.64. The molecule has 2 N–H and O–H groups in total. The second-order valence-corrected chi connectivity index (χ2v) is 4.00. The number of rotatable bonds is 5. The molecule has 1 aromatic carbocycles. The molecule has 0 aromatic heterocycles. The number of carbonyl (C=O) groups is 2. The van der Waals surface area contributed by atoms with Crippen molar-refractivity contribution in [2.45, 2.75) is 26.3 Å². The minimum atomic E-state index is -1.05. The lowest BCUT2D eigenvalue weighted by Gasteiger charge is -2.17. The molecule has 0 radical (unpaired) electrons. The van der Waals surface area contributed by atoms with Crippen LogP contribution in [-0.2, 0) is 9.59 Å². The van der Waals surface area contributed by atoms with Gasteiger partial charge in [0.15, 0.2) is 6.04 Å². The third kappa shape index (κ3) is 3.59. The monoisotopic (exact) mass is 235 g/mol. The minimum Gasteiger partial charge on any atom is -0.479 e. The molecule has 1 rings (SSSR count). The van der Waals surface area contributed by atoms with E-state index in [1.54, 1.807) is 37.3 Å². The Morgan fingerprint density at radius 1 is 1.29 bits per heavy atom. The Kier molecular flexibility index (Phi) is 4.69. The molecule has 4 heteroatoms. The molecule has 0 saturated heterocycles. The molecule has 0 aliphatic rings. The average Bonchev–Trinajstić information content (AvgIpc) is 2.35. The van der Waals surface area contributed by atoms with Gasteiger partial charge in [0.1, 0.15) is 0 Å². The fourth-order valence-corrected chi connectivity index (χ4v) is 1.40. The van der Waals surface area contributed by atoms with Crippen molar-refractivity contribution >= 4 is 11.9 Å². The molecular weight excluding hydrogens is 218 g/mol. The predicted octanol–water partition coefficient (Wildman–Crippen LogP) is 1.97. The fraction of sp³-hybridized carbons (Fsp3) is 0.385. The highest BCUT2D eigenvalue weighted by atomic mass is 16.4. The Morgan fingerprint density at radius 3 is 2.35 bits per heavy atom. The van der Waals surface area contributed by atoms with Gasteiger partial charge in [-0.3, -0.25) is 4.79 Å². The Labute approximate surface area is 101 Å². The number of amides is 1. The van der Waals surface area contributed by atoms with Gasteiger partial charge in [0, 0.05) is 5.92 Å². The van der Waals surface area contributed by atoms with Gasteiger partial charge in [0.2, 0.25) is 5.91 Å². The molecule has 4 nitrogen and oxygen atoms in total. The van der Waals surface area contributed by atoms with Crippen LogP contribution in [0.5, 0.6) is 0 Å². The van der Waals surface area contributed by atoms with E-state index in [0.717, 1.165) is 0 Å². The SMILES string of the molecule is CCC(C)C(=O)N[C@@H](C(=O)O)c1ccccc1. The smallest absolute Gasteiger partial charge is 0.330 e. The lowest BCUT2D eigenvalue weighted by Crippen LogP contribution is -2.36. The van der Waals surface area contributed by atoms with Crippen LogP contribution in [-0.4, -0.2) is 17.0 Å². The summed E-state index contributed by atoms with van der Waals surface area (Å²) in [5.74, 6) is -1.46. The zero-order valence-electron chi connectivity index (χ0n) is 10.0. The molecule has 1 amide bonds. The fourth-order valence-electron chi connectivity index (χ4n) is 1.40. The quantitative estimate of drug-likeness (QED) is 0.820. The van der Waals surface area contributed by atoms with Crippen molar-refractivity contribution in [2.24, 2.45) is 5.92 Å².